The summed E-state index contributed by atoms with van der Waals surface area (Å²) in [5, 5.41) is 13.1. The molecule has 21 heavy (non-hydrogen) atoms. The molecule has 2 N–H and O–H groups in total. The average Bonchev–Trinajstić information content (AvgIpc) is 2.37. The Morgan fingerprint density at radius 2 is 1.95 bits per heavy atom. The van der Waals surface area contributed by atoms with E-state index in [0.29, 0.717) is 17.3 Å². The molecule has 0 aromatic heterocycles. The number of nitrogens with one attached hydrogen (secondary N) is 1. The fraction of sp³-hybridized carbons (Fsp3) is 1.00. The number of aliphatic hydroxyl groups is 1. The Hall–Kier alpha value is -0.160. The topological polar surface area (TPSA) is 44.7 Å². The fourth-order valence-electron chi connectivity index (χ4n) is 3.75. The third kappa shape index (κ3) is 5.51. The first-order valence-electron chi connectivity index (χ1n) is 8.64. The van der Waals surface area contributed by atoms with Gasteiger partial charge in [0, 0.05) is 32.8 Å². The molecule has 4 heteroatoms. The highest BCUT2D eigenvalue weighted by Gasteiger charge is 2.35. The molecule has 0 aromatic rings. The lowest BCUT2D eigenvalue weighted by molar-refractivity contribution is -0.0139. The summed E-state index contributed by atoms with van der Waals surface area (Å²) in [4.78, 5) is 2.49. The summed E-state index contributed by atoms with van der Waals surface area (Å²) >= 11 is 0. The lowest BCUT2D eigenvalue weighted by Crippen LogP contribution is -2.48. The number of nitrogens with zero attached hydrogens (tertiary/aromatic N) is 1. The SMILES string of the molecule is CC(C)CNCC1(CN(C)CC2CC(O)C2)CCOCC1. The van der Waals surface area contributed by atoms with Gasteiger partial charge in [0.05, 0.1) is 6.10 Å². The maximum absolute atomic E-state index is 9.43. The van der Waals surface area contributed by atoms with Crippen LogP contribution in [0.25, 0.3) is 0 Å². The van der Waals surface area contributed by atoms with Gasteiger partial charge >= 0.3 is 0 Å². The zero-order valence-electron chi connectivity index (χ0n) is 14.1. The van der Waals surface area contributed by atoms with Crippen molar-refractivity contribution in [3.8, 4) is 0 Å². The molecule has 2 fully saturated rings. The predicted octanol–water partition coefficient (Wildman–Crippen LogP) is 1.73. The van der Waals surface area contributed by atoms with Gasteiger partial charge in [-0.1, -0.05) is 13.8 Å². The Bertz CT molecular complexity index is 297. The molecule has 4 nitrogen and oxygen atoms in total. The first kappa shape index (κ1) is 17.2. The molecule has 1 heterocycles. The molecule has 0 atom stereocenters. The number of hydrogen-bond donors (Lipinski definition) is 2. The summed E-state index contributed by atoms with van der Waals surface area (Å²) in [6.07, 6.45) is 4.27. The van der Waals surface area contributed by atoms with Crippen molar-refractivity contribution in [2.45, 2.75) is 45.6 Å². The third-order valence-electron chi connectivity index (χ3n) is 4.99. The van der Waals surface area contributed by atoms with E-state index in [1.165, 1.54) is 0 Å². The molecule has 0 spiro atoms. The summed E-state index contributed by atoms with van der Waals surface area (Å²) in [5.74, 6) is 1.40. The molecule has 0 amide bonds. The highest BCUT2D eigenvalue weighted by molar-refractivity contribution is 4.88. The van der Waals surface area contributed by atoms with E-state index in [0.717, 1.165) is 65.1 Å². The van der Waals surface area contributed by atoms with Crippen LogP contribution in [-0.2, 0) is 4.74 Å². The molecule has 0 bridgehead atoms. The van der Waals surface area contributed by atoms with Crippen LogP contribution >= 0.6 is 0 Å². The van der Waals surface area contributed by atoms with Crippen LogP contribution < -0.4 is 5.32 Å². The summed E-state index contributed by atoms with van der Waals surface area (Å²) < 4.78 is 5.58. The quantitative estimate of drug-likeness (QED) is 0.716. The minimum Gasteiger partial charge on any atom is -0.393 e. The summed E-state index contributed by atoms with van der Waals surface area (Å²) in [5.41, 5.74) is 0.365. The van der Waals surface area contributed by atoms with Crippen molar-refractivity contribution >= 4 is 0 Å². The Morgan fingerprint density at radius 1 is 1.29 bits per heavy atom. The second-order valence-corrected chi connectivity index (χ2v) is 7.83. The van der Waals surface area contributed by atoms with Crippen molar-refractivity contribution in [1.82, 2.24) is 10.2 Å². The molecular formula is C17H34N2O2. The van der Waals surface area contributed by atoms with Crippen LogP contribution in [0.5, 0.6) is 0 Å². The van der Waals surface area contributed by atoms with Crippen molar-refractivity contribution in [2.24, 2.45) is 17.3 Å². The van der Waals surface area contributed by atoms with Gasteiger partial charge in [0.15, 0.2) is 0 Å². The minimum absolute atomic E-state index is 0.0341. The first-order chi connectivity index (χ1) is 9.99. The largest absolute Gasteiger partial charge is 0.393 e. The van der Waals surface area contributed by atoms with Gasteiger partial charge in [-0.05, 0) is 56.5 Å². The first-order valence-corrected chi connectivity index (χ1v) is 8.64. The normalized spacial score (nSPS) is 28.9. The van der Waals surface area contributed by atoms with E-state index in [9.17, 15) is 5.11 Å². The highest BCUT2D eigenvalue weighted by atomic mass is 16.5. The second kappa shape index (κ2) is 7.91. The van der Waals surface area contributed by atoms with E-state index >= 15 is 0 Å². The highest BCUT2D eigenvalue weighted by Crippen LogP contribution is 2.33. The van der Waals surface area contributed by atoms with Gasteiger partial charge in [0.25, 0.3) is 0 Å². The summed E-state index contributed by atoms with van der Waals surface area (Å²) in [6.45, 7) is 10.8. The molecule has 0 unspecified atom stereocenters. The van der Waals surface area contributed by atoms with Gasteiger partial charge in [-0.3, -0.25) is 0 Å². The average molecular weight is 298 g/mol. The number of aliphatic hydroxyl groups excluding tert-OH is 1. The van der Waals surface area contributed by atoms with Crippen LogP contribution in [0, 0.1) is 17.3 Å². The van der Waals surface area contributed by atoms with E-state index in [-0.39, 0.29) is 6.10 Å². The number of hydrogen-bond acceptors (Lipinski definition) is 4. The van der Waals surface area contributed by atoms with E-state index in [2.05, 4.69) is 31.1 Å². The van der Waals surface area contributed by atoms with Gasteiger partial charge in [0.1, 0.15) is 0 Å². The Kier molecular flexibility index (Phi) is 6.48. The van der Waals surface area contributed by atoms with E-state index in [4.69, 9.17) is 4.74 Å². The second-order valence-electron chi connectivity index (χ2n) is 7.83. The van der Waals surface area contributed by atoms with E-state index in [1.807, 2.05) is 0 Å². The van der Waals surface area contributed by atoms with Crippen LogP contribution in [0.2, 0.25) is 0 Å². The molecule has 0 aromatic carbocycles. The standard InChI is InChI=1S/C17H34N2O2/c1-14(2)10-18-12-17(4-6-21-7-5-17)13-19(3)11-15-8-16(20)9-15/h14-16,18,20H,4-13H2,1-3H3. The Labute approximate surface area is 130 Å². The van der Waals surface area contributed by atoms with Crippen LogP contribution in [0.15, 0.2) is 0 Å². The van der Waals surface area contributed by atoms with Gasteiger partial charge in [-0.2, -0.15) is 0 Å². The third-order valence-corrected chi connectivity index (χ3v) is 4.99. The maximum Gasteiger partial charge on any atom is 0.0546 e. The zero-order valence-corrected chi connectivity index (χ0v) is 14.1. The molecule has 0 radical (unpaired) electrons. The van der Waals surface area contributed by atoms with Crippen molar-refractivity contribution in [2.75, 3.05) is 46.4 Å². The monoisotopic (exact) mass is 298 g/mol. The smallest absolute Gasteiger partial charge is 0.0546 e. The lowest BCUT2D eigenvalue weighted by Gasteiger charge is -2.42. The molecule has 1 saturated heterocycles. The van der Waals surface area contributed by atoms with E-state index < -0.39 is 0 Å². The number of ether oxygens (including phenoxy) is 1. The molecule has 2 rings (SSSR count). The number of rotatable bonds is 8. The molecule has 1 aliphatic carbocycles. The maximum atomic E-state index is 9.43. The van der Waals surface area contributed by atoms with E-state index in [1.54, 1.807) is 0 Å². The van der Waals surface area contributed by atoms with Crippen molar-refractivity contribution in [3.05, 3.63) is 0 Å². The Balaban J connectivity index is 1.80. The molecule has 124 valence electrons. The van der Waals surface area contributed by atoms with Gasteiger partial charge < -0.3 is 20.1 Å². The van der Waals surface area contributed by atoms with Crippen LogP contribution in [0.4, 0.5) is 0 Å². The van der Waals surface area contributed by atoms with Crippen molar-refractivity contribution < 1.29 is 9.84 Å². The van der Waals surface area contributed by atoms with Gasteiger partial charge in [-0.25, -0.2) is 0 Å². The molecular weight excluding hydrogens is 264 g/mol. The predicted molar refractivity (Wildman–Crippen MR) is 86.4 cm³/mol. The minimum atomic E-state index is -0.0341. The molecule has 2 aliphatic rings. The lowest BCUT2D eigenvalue weighted by atomic mass is 9.78. The Morgan fingerprint density at radius 3 is 2.52 bits per heavy atom. The molecule has 1 saturated carbocycles. The van der Waals surface area contributed by atoms with Crippen LogP contribution in [-0.4, -0.2) is 62.6 Å². The van der Waals surface area contributed by atoms with Crippen LogP contribution in [0.1, 0.15) is 39.5 Å². The zero-order chi connectivity index (χ0) is 15.3. The van der Waals surface area contributed by atoms with Crippen molar-refractivity contribution in [3.63, 3.8) is 0 Å². The summed E-state index contributed by atoms with van der Waals surface area (Å²) in [6, 6.07) is 0. The summed E-state index contributed by atoms with van der Waals surface area (Å²) in [7, 11) is 2.24. The molecule has 1 aliphatic heterocycles. The van der Waals surface area contributed by atoms with Crippen molar-refractivity contribution in [1.29, 1.82) is 0 Å². The van der Waals surface area contributed by atoms with Gasteiger partial charge in [0.2, 0.25) is 0 Å². The van der Waals surface area contributed by atoms with Gasteiger partial charge in [-0.15, -0.1) is 0 Å². The van der Waals surface area contributed by atoms with Crippen LogP contribution in [0.3, 0.4) is 0 Å². The fourth-order valence-corrected chi connectivity index (χ4v) is 3.75.